The minimum absolute atomic E-state index is 0.406. The number of rotatable bonds is 4. The fraction of sp³-hybridized carbons (Fsp3) is 0.812. The second kappa shape index (κ2) is 6.44. The number of ether oxygens (including phenoxy) is 1. The number of H-pyrrole nitrogens is 1. The fourth-order valence-electron chi connectivity index (χ4n) is 3.95. The van der Waals surface area contributed by atoms with E-state index in [1.165, 1.54) is 64.2 Å². The van der Waals surface area contributed by atoms with Crippen molar-refractivity contribution < 1.29 is 4.74 Å². The summed E-state index contributed by atoms with van der Waals surface area (Å²) in [6.07, 6.45) is 16.0. The van der Waals surface area contributed by atoms with E-state index in [-0.39, 0.29) is 0 Å². The molecule has 0 spiro atoms. The Morgan fingerprint density at radius 2 is 1.53 bits per heavy atom. The van der Waals surface area contributed by atoms with Crippen LogP contribution < -0.4 is 4.74 Å². The summed E-state index contributed by atoms with van der Waals surface area (Å²) in [5.74, 6) is 2.31. The van der Waals surface area contributed by atoms with E-state index in [0.717, 1.165) is 17.7 Å². The molecule has 106 valence electrons. The van der Waals surface area contributed by atoms with Gasteiger partial charge in [0.25, 0.3) is 0 Å². The number of nitrogens with one attached hydrogen (secondary N) is 1. The van der Waals surface area contributed by atoms with Gasteiger partial charge in [-0.1, -0.05) is 38.5 Å². The van der Waals surface area contributed by atoms with E-state index in [4.69, 9.17) is 4.74 Å². The van der Waals surface area contributed by atoms with Crippen molar-refractivity contribution in [2.45, 2.75) is 70.3 Å². The van der Waals surface area contributed by atoms with Gasteiger partial charge in [-0.05, 0) is 37.5 Å². The molecule has 2 aliphatic rings. The van der Waals surface area contributed by atoms with Gasteiger partial charge in [-0.2, -0.15) is 0 Å². The molecule has 1 N–H and O–H groups in total. The minimum atomic E-state index is 0.406. The first-order chi connectivity index (χ1) is 9.43. The Morgan fingerprint density at radius 1 is 0.947 bits per heavy atom. The molecule has 0 saturated heterocycles. The Morgan fingerprint density at radius 3 is 2.00 bits per heavy atom. The molecule has 0 aliphatic heterocycles. The molecular formula is C16H26N2O. The van der Waals surface area contributed by atoms with Crippen molar-refractivity contribution in [2.24, 2.45) is 11.8 Å². The summed E-state index contributed by atoms with van der Waals surface area (Å²) in [7, 11) is 0. The highest BCUT2D eigenvalue weighted by Crippen LogP contribution is 2.37. The van der Waals surface area contributed by atoms with Gasteiger partial charge in [0.15, 0.2) is 0 Å². The van der Waals surface area contributed by atoms with Crippen LogP contribution in [0.4, 0.5) is 0 Å². The largest absolute Gasteiger partial charge is 0.473 e. The Labute approximate surface area is 116 Å². The molecular weight excluding hydrogens is 236 g/mol. The number of aromatic nitrogens is 2. The molecule has 0 bridgehead atoms. The van der Waals surface area contributed by atoms with Crippen LogP contribution in [0.25, 0.3) is 0 Å². The smallest absolute Gasteiger partial charge is 0.232 e. The van der Waals surface area contributed by atoms with Crippen LogP contribution in [-0.4, -0.2) is 16.3 Å². The van der Waals surface area contributed by atoms with Crippen LogP contribution in [0.3, 0.4) is 0 Å². The Balaban J connectivity index is 1.69. The first kappa shape index (κ1) is 13.0. The molecule has 1 aromatic rings. The van der Waals surface area contributed by atoms with Crippen LogP contribution >= 0.6 is 0 Å². The quantitative estimate of drug-likeness (QED) is 0.877. The molecule has 3 heteroatoms. The first-order valence-electron chi connectivity index (χ1n) is 8.10. The van der Waals surface area contributed by atoms with E-state index < -0.39 is 0 Å². The molecule has 0 radical (unpaired) electrons. The van der Waals surface area contributed by atoms with Crippen LogP contribution in [0.15, 0.2) is 12.3 Å². The number of aromatic amines is 1. The first-order valence-corrected chi connectivity index (χ1v) is 8.10. The fourth-order valence-corrected chi connectivity index (χ4v) is 3.95. The standard InChI is InChI=1S/C16H26N2O/c1-3-7-13(8-4-1)16(14-9-5-2-6-10-14)19-15-11-12-17-18-15/h11-14,16H,1-10H2,(H,17,18). The van der Waals surface area contributed by atoms with Crippen molar-refractivity contribution in [3.8, 4) is 5.88 Å². The summed E-state index contributed by atoms with van der Waals surface area (Å²) in [4.78, 5) is 0. The van der Waals surface area contributed by atoms with Gasteiger partial charge in [-0.25, -0.2) is 0 Å². The molecule has 1 heterocycles. The van der Waals surface area contributed by atoms with E-state index >= 15 is 0 Å². The van der Waals surface area contributed by atoms with Crippen LogP contribution in [0, 0.1) is 11.8 Å². The van der Waals surface area contributed by atoms with Crippen molar-refractivity contribution in [3.05, 3.63) is 12.3 Å². The predicted octanol–water partition coefficient (Wildman–Crippen LogP) is 4.32. The lowest BCUT2D eigenvalue weighted by molar-refractivity contribution is 0.0355. The summed E-state index contributed by atoms with van der Waals surface area (Å²) in [5.41, 5.74) is 0. The average Bonchev–Trinajstić information content (AvgIpc) is 3.00. The van der Waals surface area contributed by atoms with Gasteiger partial charge in [-0.3, -0.25) is 5.10 Å². The zero-order chi connectivity index (χ0) is 12.9. The van der Waals surface area contributed by atoms with Crippen molar-refractivity contribution in [3.63, 3.8) is 0 Å². The SMILES string of the molecule is c1cc(OC(C2CCCCC2)C2CCCCC2)n[nH]1. The van der Waals surface area contributed by atoms with Crippen molar-refractivity contribution in [1.29, 1.82) is 0 Å². The van der Waals surface area contributed by atoms with Crippen LogP contribution in [-0.2, 0) is 0 Å². The molecule has 0 aromatic carbocycles. The number of hydrogen-bond donors (Lipinski definition) is 1. The van der Waals surface area contributed by atoms with E-state index in [0.29, 0.717) is 6.10 Å². The predicted molar refractivity (Wildman–Crippen MR) is 76.2 cm³/mol. The lowest BCUT2D eigenvalue weighted by Crippen LogP contribution is -2.37. The topological polar surface area (TPSA) is 37.9 Å². The molecule has 0 unspecified atom stereocenters. The normalized spacial score (nSPS) is 22.8. The molecule has 3 nitrogen and oxygen atoms in total. The van der Waals surface area contributed by atoms with Gasteiger partial charge in [0.05, 0.1) is 0 Å². The Kier molecular flexibility index (Phi) is 4.41. The van der Waals surface area contributed by atoms with Crippen LogP contribution in [0.1, 0.15) is 64.2 Å². The van der Waals surface area contributed by atoms with Crippen molar-refractivity contribution in [1.82, 2.24) is 10.2 Å². The summed E-state index contributed by atoms with van der Waals surface area (Å²) >= 11 is 0. The van der Waals surface area contributed by atoms with Crippen molar-refractivity contribution >= 4 is 0 Å². The molecule has 0 atom stereocenters. The zero-order valence-corrected chi connectivity index (χ0v) is 11.8. The minimum Gasteiger partial charge on any atom is -0.473 e. The summed E-state index contributed by atoms with van der Waals surface area (Å²) < 4.78 is 6.29. The highest BCUT2D eigenvalue weighted by atomic mass is 16.5. The van der Waals surface area contributed by atoms with Gasteiger partial charge in [-0.15, -0.1) is 5.10 Å². The zero-order valence-electron chi connectivity index (χ0n) is 11.8. The molecule has 0 amide bonds. The maximum Gasteiger partial charge on any atom is 0.232 e. The maximum atomic E-state index is 6.29. The molecule has 19 heavy (non-hydrogen) atoms. The van der Waals surface area contributed by atoms with Gasteiger partial charge >= 0.3 is 0 Å². The third-order valence-electron chi connectivity index (χ3n) is 4.96. The highest BCUT2D eigenvalue weighted by Gasteiger charge is 2.33. The van der Waals surface area contributed by atoms with Crippen molar-refractivity contribution in [2.75, 3.05) is 0 Å². The second-order valence-electron chi connectivity index (χ2n) is 6.29. The van der Waals surface area contributed by atoms with Gasteiger partial charge in [0.1, 0.15) is 6.10 Å². The highest BCUT2D eigenvalue weighted by molar-refractivity contribution is 5.05. The lowest BCUT2D eigenvalue weighted by atomic mass is 9.75. The van der Waals surface area contributed by atoms with E-state index in [1.807, 2.05) is 12.3 Å². The summed E-state index contributed by atoms with van der Waals surface area (Å²) in [6, 6.07) is 1.96. The van der Waals surface area contributed by atoms with Gasteiger partial charge in [0.2, 0.25) is 5.88 Å². The summed E-state index contributed by atoms with van der Waals surface area (Å²) in [6.45, 7) is 0. The Hall–Kier alpha value is -0.990. The van der Waals surface area contributed by atoms with E-state index in [2.05, 4.69) is 10.2 Å². The molecule has 2 saturated carbocycles. The molecule has 2 fully saturated rings. The monoisotopic (exact) mass is 262 g/mol. The maximum absolute atomic E-state index is 6.29. The molecule has 3 rings (SSSR count). The number of nitrogens with zero attached hydrogens (tertiary/aromatic N) is 1. The van der Waals surface area contributed by atoms with Crippen LogP contribution in [0.2, 0.25) is 0 Å². The lowest BCUT2D eigenvalue weighted by Gasteiger charge is -2.37. The Bertz CT molecular complexity index is 333. The number of hydrogen-bond acceptors (Lipinski definition) is 2. The van der Waals surface area contributed by atoms with Crippen LogP contribution in [0.5, 0.6) is 5.88 Å². The van der Waals surface area contributed by atoms with Gasteiger partial charge in [0, 0.05) is 12.3 Å². The molecule has 1 aromatic heterocycles. The van der Waals surface area contributed by atoms with E-state index in [9.17, 15) is 0 Å². The summed E-state index contributed by atoms with van der Waals surface area (Å²) in [5, 5.41) is 7.06. The average molecular weight is 262 g/mol. The third-order valence-corrected chi connectivity index (χ3v) is 4.96. The third kappa shape index (κ3) is 3.31. The molecule has 2 aliphatic carbocycles. The van der Waals surface area contributed by atoms with E-state index in [1.54, 1.807) is 0 Å². The second-order valence-corrected chi connectivity index (χ2v) is 6.29. The van der Waals surface area contributed by atoms with Gasteiger partial charge < -0.3 is 4.74 Å².